The normalized spacial score (nSPS) is 17.7. The standard InChI is InChI=1S/C23H29N3O/c1-18-2-4-19(5-3-18)6-13-23(27)24-20-7-9-21(10-8-20)25-14-16-26(17-15-25)22-11-12-22/h2-5,7-10,22H,6,11-17H2,1H3,(H,24,27). The van der Waals surface area contributed by atoms with E-state index in [1.54, 1.807) is 0 Å². The lowest BCUT2D eigenvalue weighted by atomic mass is 10.1. The van der Waals surface area contributed by atoms with Crippen molar-refractivity contribution in [1.29, 1.82) is 0 Å². The summed E-state index contributed by atoms with van der Waals surface area (Å²) < 4.78 is 0. The summed E-state index contributed by atoms with van der Waals surface area (Å²) in [5, 5.41) is 3.02. The molecular formula is C23H29N3O. The van der Waals surface area contributed by atoms with Gasteiger partial charge in [0, 0.05) is 50.0 Å². The van der Waals surface area contributed by atoms with Crippen LogP contribution in [0.3, 0.4) is 0 Å². The molecule has 0 bridgehead atoms. The van der Waals surface area contributed by atoms with E-state index in [4.69, 9.17) is 0 Å². The summed E-state index contributed by atoms with van der Waals surface area (Å²) in [6, 6.07) is 17.5. The number of hydrogen-bond donors (Lipinski definition) is 1. The Hall–Kier alpha value is -2.33. The van der Waals surface area contributed by atoms with Crippen molar-refractivity contribution in [3.05, 3.63) is 59.7 Å². The lowest BCUT2D eigenvalue weighted by molar-refractivity contribution is -0.116. The first-order valence-electron chi connectivity index (χ1n) is 10.1. The molecule has 1 amide bonds. The molecule has 1 aliphatic heterocycles. The Bertz CT molecular complexity index is 757. The second-order valence-electron chi connectivity index (χ2n) is 7.83. The van der Waals surface area contributed by atoms with Crippen LogP contribution in [0.2, 0.25) is 0 Å². The molecule has 1 saturated heterocycles. The van der Waals surface area contributed by atoms with E-state index in [1.807, 2.05) is 12.1 Å². The van der Waals surface area contributed by atoms with Crippen molar-refractivity contribution >= 4 is 17.3 Å². The summed E-state index contributed by atoms with van der Waals surface area (Å²) in [7, 11) is 0. The third-order valence-corrected chi connectivity index (χ3v) is 5.66. The van der Waals surface area contributed by atoms with Gasteiger partial charge in [0.25, 0.3) is 0 Å². The number of anilines is 2. The molecule has 4 nitrogen and oxygen atoms in total. The molecule has 0 radical (unpaired) electrons. The average Bonchev–Trinajstić information content (AvgIpc) is 3.54. The number of rotatable bonds is 6. The number of carbonyl (C=O) groups excluding carboxylic acids is 1. The number of aryl methyl sites for hydroxylation is 2. The van der Waals surface area contributed by atoms with Crippen LogP contribution >= 0.6 is 0 Å². The molecule has 2 aromatic rings. The molecule has 2 aromatic carbocycles. The maximum atomic E-state index is 12.2. The molecule has 2 fully saturated rings. The van der Waals surface area contributed by atoms with Gasteiger partial charge in [-0.2, -0.15) is 0 Å². The summed E-state index contributed by atoms with van der Waals surface area (Å²) in [5.74, 6) is 0.0707. The lowest BCUT2D eigenvalue weighted by Gasteiger charge is -2.36. The van der Waals surface area contributed by atoms with Gasteiger partial charge in [-0.15, -0.1) is 0 Å². The molecule has 1 aliphatic carbocycles. The molecule has 0 spiro atoms. The van der Waals surface area contributed by atoms with Crippen LogP contribution in [-0.2, 0) is 11.2 Å². The fourth-order valence-electron chi connectivity index (χ4n) is 3.78. The average molecular weight is 364 g/mol. The van der Waals surface area contributed by atoms with Gasteiger partial charge in [-0.25, -0.2) is 0 Å². The summed E-state index contributed by atoms with van der Waals surface area (Å²) in [6.07, 6.45) is 4.06. The minimum Gasteiger partial charge on any atom is -0.369 e. The Kier molecular flexibility index (Phi) is 5.44. The number of hydrogen-bond acceptors (Lipinski definition) is 3. The highest BCUT2D eigenvalue weighted by molar-refractivity contribution is 5.91. The molecule has 4 heteroatoms. The Labute approximate surface area is 162 Å². The number of piperazine rings is 1. The van der Waals surface area contributed by atoms with Crippen LogP contribution in [0.1, 0.15) is 30.4 Å². The van der Waals surface area contributed by atoms with Gasteiger partial charge in [-0.1, -0.05) is 29.8 Å². The highest BCUT2D eigenvalue weighted by atomic mass is 16.1. The summed E-state index contributed by atoms with van der Waals surface area (Å²) in [6.45, 7) is 6.61. The molecule has 0 atom stereocenters. The molecule has 27 heavy (non-hydrogen) atoms. The predicted molar refractivity (Wildman–Crippen MR) is 111 cm³/mol. The van der Waals surface area contributed by atoms with E-state index in [1.165, 1.54) is 42.7 Å². The number of nitrogens with one attached hydrogen (secondary N) is 1. The van der Waals surface area contributed by atoms with E-state index in [0.717, 1.165) is 31.2 Å². The Morgan fingerprint density at radius 3 is 2.26 bits per heavy atom. The summed E-state index contributed by atoms with van der Waals surface area (Å²) >= 11 is 0. The van der Waals surface area contributed by atoms with Crippen molar-refractivity contribution in [2.24, 2.45) is 0 Å². The molecule has 1 saturated carbocycles. The fraction of sp³-hybridized carbons (Fsp3) is 0.435. The maximum absolute atomic E-state index is 12.2. The highest BCUT2D eigenvalue weighted by Gasteiger charge is 2.31. The van der Waals surface area contributed by atoms with Gasteiger partial charge in [-0.05, 0) is 56.0 Å². The first-order chi connectivity index (χ1) is 13.2. The Morgan fingerprint density at radius 2 is 1.63 bits per heavy atom. The van der Waals surface area contributed by atoms with E-state index in [2.05, 4.69) is 58.4 Å². The number of nitrogens with zero attached hydrogens (tertiary/aromatic N) is 2. The highest BCUT2D eigenvalue weighted by Crippen LogP contribution is 2.28. The zero-order chi connectivity index (χ0) is 18.6. The van der Waals surface area contributed by atoms with Crippen LogP contribution in [0, 0.1) is 6.92 Å². The van der Waals surface area contributed by atoms with Gasteiger partial charge < -0.3 is 10.2 Å². The van der Waals surface area contributed by atoms with Crippen molar-refractivity contribution in [3.63, 3.8) is 0 Å². The predicted octanol–water partition coefficient (Wildman–Crippen LogP) is 3.85. The maximum Gasteiger partial charge on any atom is 0.224 e. The molecular weight excluding hydrogens is 334 g/mol. The quantitative estimate of drug-likeness (QED) is 0.847. The second kappa shape index (κ2) is 8.13. The Balaban J connectivity index is 1.24. The van der Waals surface area contributed by atoms with Crippen molar-refractivity contribution in [1.82, 2.24) is 4.90 Å². The van der Waals surface area contributed by atoms with Crippen molar-refractivity contribution in [2.45, 2.75) is 38.6 Å². The smallest absolute Gasteiger partial charge is 0.224 e. The van der Waals surface area contributed by atoms with Gasteiger partial charge in [0.1, 0.15) is 0 Å². The molecule has 2 aliphatic rings. The molecule has 1 N–H and O–H groups in total. The van der Waals surface area contributed by atoms with Gasteiger partial charge in [0.15, 0.2) is 0 Å². The number of amides is 1. The van der Waals surface area contributed by atoms with Crippen LogP contribution in [0.15, 0.2) is 48.5 Å². The lowest BCUT2D eigenvalue weighted by Crippen LogP contribution is -2.47. The monoisotopic (exact) mass is 363 g/mol. The first kappa shape index (κ1) is 18.1. The minimum absolute atomic E-state index is 0.0707. The molecule has 142 valence electrons. The van der Waals surface area contributed by atoms with E-state index < -0.39 is 0 Å². The van der Waals surface area contributed by atoms with Crippen molar-refractivity contribution in [3.8, 4) is 0 Å². The van der Waals surface area contributed by atoms with Crippen LogP contribution in [-0.4, -0.2) is 43.0 Å². The van der Waals surface area contributed by atoms with Gasteiger partial charge in [-0.3, -0.25) is 9.69 Å². The number of benzene rings is 2. The molecule has 0 unspecified atom stereocenters. The zero-order valence-electron chi connectivity index (χ0n) is 16.2. The fourth-order valence-corrected chi connectivity index (χ4v) is 3.78. The van der Waals surface area contributed by atoms with Gasteiger partial charge in [0.2, 0.25) is 5.91 Å². The van der Waals surface area contributed by atoms with Crippen molar-refractivity contribution in [2.75, 3.05) is 36.4 Å². The SMILES string of the molecule is Cc1ccc(CCC(=O)Nc2ccc(N3CCN(C4CC4)CC3)cc2)cc1. The van der Waals surface area contributed by atoms with E-state index >= 15 is 0 Å². The van der Waals surface area contributed by atoms with Gasteiger partial charge >= 0.3 is 0 Å². The van der Waals surface area contributed by atoms with Crippen LogP contribution in [0.5, 0.6) is 0 Å². The zero-order valence-corrected chi connectivity index (χ0v) is 16.2. The summed E-state index contributed by atoms with van der Waals surface area (Å²) in [5.41, 5.74) is 4.58. The molecule has 1 heterocycles. The third kappa shape index (κ3) is 4.89. The second-order valence-corrected chi connectivity index (χ2v) is 7.83. The third-order valence-electron chi connectivity index (χ3n) is 5.66. The topological polar surface area (TPSA) is 35.6 Å². The van der Waals surface area contributed by atoms with Crippen molar-refractivity contribution < 1.29 is 4.79 Å². The minimum atomic E-state index is 0.0707. The largest absolute Gasteiger partial charge is 0.369 e. The molecule has 0 aromatic heterocycles. The summed E-state index contributed by atoms with van der Waals surface area (Å²) in [4.78, 5) is 17.3. The first-order valence-corrected chi connectivity index (χ1v) is 10.1. The van der Waals surface area contributed by atoms with E-state index in [9.17, 15) is 4.79 Å². The molecule has 4 rings (SSSR count). The van der Waals surface area contributed by atoms with Gasteiger partial charge in [0.05, 0.1) is 0 Å². The van der Waals surface area contributed by atoms with Crippen LogP contribution in [0.4, 0.5) is 11.4 Å². The van der Waals surface area contributed by atoms with Crippen LogP contribution < -0.4 is 10.2 Å². The number of carbonyl (C=O) groups is 1. The Morgan fingerprint density at radius 1 is 0.963 bits per heavy atom. The van der Waals surface area contributed by atoms with E-state index in [-0.39, 0.29) is 5.91 Å². The van der Waals surface area contributed by atoms with Crippen LogP contribution in [0.25, 0.3) is 0 Å². The van der Waals surface area contributed by atoms with E-state index in [0.29, 0.717) is 6.42 Å².